The van der Waals surface area contributed by atoms with E-state index in [1.165, 1.54) is 0 Å². The summed E-state index contributed by atoms with van der Waals surface area (Å²) in [5.74, 6) is 0. The first kappa shape index (κ1) is 15.6. The van der Waals surface area contributed by atoms with Crippen molar-refractivity contribution in [1.29, 1.82) is 5.26 Å². The Kier molecular flexibility index (Phi) is 6.01. The van der Waals surface area contributed by atoms with Crippen LogP contribution in [0.2, 0.25) is 0 Å². The quantitative estimate of drug-likeness (QED) is 0.887. The number of nitriles is 1. The van der Waals surface area contributed by atoms with Crippen molar-refractivity contribution < 1.29 is 9.53 Å². The van der Waals surface area contributed by atoms with Gasteiger partial charge in [0, 0.05) is 6.04 Å². The molecule has 112 valence electrons. The minimum Gasteiger partial charge on any atom is -0.445 e. The largest absolute Gasteiger partial charge is 0.445 e. The molecule has 0 radical (unpaired) electrons. The average Bonchev–Trinajstić information content (AvgIpc) is 2.55. The normalized spacial score (nSPS) is 11.2. The Balaban J connectivity index is 1.85. The van der Waals surface area contributed by atoms with E-state index < -0.39 is 6.09 Å². The first-order chi connectivity index (χ1) is 10.8. The van der Waals surface area contributed by atoms with E-state index >= 15 is 0 Å². The first-order valence-electron chi connectivity index (χ1n) is 7.16. The Hall–Kier alpha value is -2.80. The third-order valence-electron chi connectivity index (χ3n) is 3.20. The lowest BCUT2D eigenvalue weighted by molar-refractivity contribution is 0.135. The zero-order valence-corrected chi connectivity index (χ0v) is 12.2. The summed E-state index contributed by atoms with van der Waals surface area (Å²) in [7, 11) is 0. The summed E-state index contributed by atoms with van der Waals surface area (Å²) in [5.41, 5.74) is 2.00. The van der Waals surface area contributed by atoms with Gasteiger partial charge in [0.15, 0.2) is 0 Å². The second-order valence-electron chi connectivity index (χ2n) is 4.95. The SMILES string of the molecule is N#CC[C@H](Cc1ccccc1)NC(=O)OCc1ccccc1. The van der Waals surface area contributed by atoms with Crippen molar-refractivity contribution in [3.05, 3.63) is 71.8 Å². The molecule has 0 aliphatic heterocycles. The van der Waals surface area contributed by atoms with E-state index in [0.29, 0.717) is 6.42 Å². The molecule has 2 aromatic carbocycles. The number of carbonyl (C=O) groups is 1. The van der Waals surface area contributed by atoms with Crippen molar-refractivity contribution in [3.63, 3.8) is 0 Å². The minimum absolute atomic E-state index is 0.220. The maximum atomic E-state index is 11.8. The molecular weight excluding hydrogens is 276 g/mol. The smallest absolute Gasteiger partial charge is 0.407 e. The van der Waals surface area contributed by atoms with Crippen LogP contribution in [0.5, 0.6) is 0 Å². The Labute approximate surface area is 130 Å². The number of nitrogens with one attached hydrogen (secondary N) is 1. The summed E-state index contributed by atoms with van der Waals surface area (Å²) in [5, 5.41) is 11.6. The Morgan fingerprint density at radius 2 is 1.64 bits per heavy atom. The van der Waals surface area contributed by atoms with Gasteiger partial charge < -0.3 is 10.1 Å². The van der Waals surface area contributed by atoms with Gasteiger partial charge >= 0.3 is 6.09 Å². The summed E-state index contributed by atoms with van der Waals surface area (Å²) in [4.78, 5) is 11.8. The van der Waals surface area contributed by atoms with Crippen molar-refractivity contribution in [1.82, 2.24) is 5.32 Å². The lowest BCUT2D eigenvalue weighted by atomic mass is 10.0. The fourth-order valence-electron chi connectivity index (χ4n) is 2.11. The molecule has 0 saturated carbocycles. The Bertz CT molecular complexity index is 621. The van der Waals surface area contributed by atoms with E-state index in [4.69, 9.17) is 10.00 Å². The molecule has 0 spiro atoms. The van der Waals surface area contributed by atoms with Crippen LogP contribution in [-0.4, -0.2) is 12.1 Å². The lowest BCUT2D eigenvalue weighted by Gasteiger charge is -2.16. The number of amides is 1. The van der Waals surface area contributed by atoms with Crippen LogP contribution in [0.4, 0.5) is 4.79 Å². The van der Waals surface area contributed by atoms with Crippen LogP contribution < -0.4 is 5.32 Å². The summed E-state index contributed by atoms with van der Waals surface area (Å²) >= 11 is 0. The molecule has 22 heavy (non-hydrogen) atoms. The van der Waals surface area contributed by atoms with E-state index in [-0.39, 0.29) is 19.1 Å². The molecule has 0 aliphatic rings. The van der Waals surface area contributed by atoms with E-state index in [2.05, 4.69) is 11.4 Å². The fourth-order valence-corrected chi connectivity index (χ4v) is 2.11. The third kappa shape index (κ3) is 5.29. The van der Waals surface area contributed by atoms with Crippen LogP contribution in [0.1, 0.15) is 17.5 Å². The molecule has 1 atom stereocenters. The molecule has 0 bridgehead atoms. The molecule has 0 unspecified atom stereocenters. The van der Waals surface area contributed by atoms with Crippen molar-refractivity contribution in [2.24, 2.45) is 0 Å². The predicted molar refractivity (Wildman–Crippen MR) is 83.9 cm³/mol. The zero-order valence-electron chi connectivity index (χ0n) is 12.2. The van der Waals surface area contributed by atoms with Crippen LogP contribution in [0, 0.1) is 11.3 Å². The van der Waals surface area contributed by atoms with Crippen LogP contribution in [0.3, 0.4) is 0 Å². The van der Waals surface area contributed by atoms with Gasteiger partial charge in [-0.25, -0.2) is 4.79 Å². The van der Waals surface area contributed by atoms with Crippen molar-refractivity contribution >= 4 is 6.09 Å². The number of hydrogen-bond donors (Lipinski definition) is 1. The first-order valence-corrected chi connectivity index (χ1v) is 7.16. The summed E-state index contributed by atoms with van der Waals surface area (Å²) < 4.78 is 5.18. The van der Waals surface area contributed by atoms with Crippen LogP contribution in [-0.2, 0) is 17.8 Å². The summed E-state index contributed by atoms with van der Waals surface area (Å²) in [6.07, 6.45) is 0.351. The predicted octanol–water partition coefficient (Wildman–Crippen LogP) is 3.44. The summed E-state index contributed by atoms with van der Waals surface area (Å²) in [6, 6.07) is 21.1. The minimum atomic E-state index is -0.500. The zero-order chi connectivity index (χ0) is 15.6. The number of rotatable bonds is 6. The van der Waals surface area contributed by atoms with Gasteiger partial charge in [-0.15, -0.1) is 0 Å². The highest BCUT2D eigenvalue weighted by Crippen LogP contribution is 2.06. The monoisotopic (exact) mass is 294 g/mol. The molecule has 0 heterocycles. The average molecular weight is 294 g/mol. The highest BCUT2D eigenvalue weighted by Gasteiger charge is 2.13. The van der Waals surface area contributed by atoms with E-state index in [9.17, 15) is 4.79 Å². The number of hydrogen-bond acceptors (Lipinski definition) is 3. The molecule has 1 N–H and O–H groups in total. The molecule has 2 aromatic rings. The lowest BCUT2D eigenvalue weighted by Crippen LogP contribution is -2.36. The number of ether oxygens (including phenoxy) is 1. The molecule has 1 amide bonds. The molecular formula is C18H18N2O2. The van der Waals surface area contributed by atoms with Gasteiger partial charge in [0.1, 0.15) is 6.61 Å². The number of carbonyl (C=O) groups excluding carboxylic acids is 1. The van der Waals surface area contributed by atoms with Crippen LogP contribution in [0.15, 0.2) is 60.7 Å². The number of benzene rings is 2. The van der Waals surface area contributed by atoms with Gasteiger partial charge in [-0.1, -0.05) is 60.7 Å². The highest BCUT2D eigenvalue weighted by atomic mass is 16.5. The second kappa shape index (κ2) is 8.48. The van der Waals surface area contributed by atoms with Crippen LogP contribution >= 0.6 is 0 Å². The van der Waals surface area contributed by atoms with Crippen molar-refractivity contribution in [2.75, 3.05) is 0 Å². The molecule has 0 fully saturated rings. The van der Waals surface area contributed by atoms with Gasteiger partial charge in [-0.3, -0.25) is 0 Å². The van der Waals surface area contributed by atoms with Crippen molar-refractivity contribution in [2.45, 2.75) is 25.5 Å². The van der Waals surface area contributed by atoms with Gasteiger partial charge in [-0.2, -0.15) is 5.26 Å². The topological polar surface area (TPSA) is 62.1 Å². The molecule has 2 rings (SSSR count). The van der Waals surface area contributed by atoms with E-state index in [1.54, 1.807) is 0 Å². The molecule has 0 aliphatic carbocycles. The Morgan fingerprint density at radius 1 is 1.05 bits per heavy atom. The van der Waals surface area contributed by atoms with Gasteiger partial charge in [0.25, 0.3) is 0 Å². The molecule has 4 nitrogen and oxygen atoms in total. The molecule has 4 heteroatoms. The van der Waals surface area contributed by atoms with Gasteiger partial charge in [-0.05, 0) is 17.5 Å². The standard InChI is InChI=1S/C18H18N2O2/c19-12-11-17(13-15-7-3-1-4-8-15)20-18(21)22-14-16-9-5-2-6-10-16/h1-10,17H,11,13-14H2,(H,20,21)/t17-/m1/s1. The number of alkyl carbamates (subject to hydrolysis) is 1. The molecule has 0 saturated heterocycles. The fraction of sp³-hybridized carbons (Fsp3) is 0.222. The third-order valence-corrected chi connectivity index (χ3v) is 3.20. The maximum Gasteiger partial charge on any atom is 0.407 e. The van der Waals surface area contributed by atoms with E-state index in [1.807, 2.05) is 60.7 Å². The second-order valence-corrected chi connectivity index (χ2v) is 4.95. The highest BCUT2D eigenvalue weighted by molar-refractivity contribution is 5.67. The van der Waals surface area contributed by atoms with Gasteiger partial charge in [0.05, 0.1) is 12.5 Å². The maximum absolute atomic E-state index is 11.8. The Morgan fingerprint density at radius 3 is 2.23 bits per heavy atom. The van der Waals surface area contributed by atoms with E-state index in [0.717, 1.165) is 11.1 Å². The van der Waals surface area contributed by atoms with Crippen molar-refractivity contribution in [3.8, 4) is 6.07 Å². The van der Waals surface area contributed by atoms with Gasteiger partial charge in [0.2, 0.25) is 0 Å². The summed E-state index contributed by atoms with van der Waals surface area (Å²) in [6.45, 7) is 0.220. The van der Waals surface area contributed by atoms with Crippen LogP contribution in [0.25, 0.3) is 0 Å². The molecule has 0 aromatic heterocycles. The number of nitrogens with zero attached hydrogens (tertiary/aromatic N) is 1.